The largest absolute Gasteiger partial charge is 0.351 e. The van der Waals surface area contributed by atoms with Crippen molar-refractivity contribution in [3.05, 3.63) is 10.6 Å². The second-order valence-electron chi connectivity index (χ2n) is 5.16. The molecule has 0 atom stereocenters. The molecule has 0 radical (unpaired) electrons. The second-order valence-corrected chi connectivity index (χ2v) is 5.92. The lowest BCUT2D eigenvalue weighted by atomic mass is 9.91. The first kappa shape index (κ1) is 15.0. The molecule has 1 amide bonds. The summed E-state index contributed by atoms with van der Waals surface area (Å²) < 4.78 is 3.89. The predicted molar refractivity (Wildman–Crippen MR) is 74.1 cm³/mol. The van der Waals surface area contributed by atoms with E-state index in [9.17, 15) is 4.79 Å². The molecule has 0 aliphatic heterocycles. The van der Waals surface area contributed by atoms with E-state index < -0.39 is 0 Å². The van der Waals surface area contributed by atoms with E-state index in [1.807, 2.05) is 20.8 Å². The van der Waals surface area contributed by atoms with Crippen LogP contribution in [0.25, 0.3) is 0 Å². The Hall–Kier alpha value is -1.01. The molecule has 0 aliphatic carbocycles. The molecule has 1 aromatic rings. The third-order valence-corrected chi connectivity index (χ3v) is 3.20. The van der Waals surface area contributed by atoms with E-state index in [-0.39, 0.29) is 11.3 Å². The van der Waals surface area contributed by atoms with Crippen LogP contribution in [0.3, 0.4) is 0 Å². The highest BCUT2D eigenvalue weighted by Crippen LogP contribution is 2.25. The normalized spacial score (nSPS) is 11.6. The molecule has 1 aromatic heterocycles. The minimum atomic E-state index is -0.149. The first-order valence-corrected chi connectivity index (χ1v) is 7.06. The molecule has 0 aromatic carbocycles. The van der Waals surface area contributed by atoms with E-state index in [2.05, 4.69) is 27.1 Å². The highest BCUT2D eigenvalue weighted by Gasteiger charge is 2.25. The molecular formula is C12H22N4OS. The molecule has 0 aliphatic rings. The average Bonchev–Trinajstić information content (AvgIpc) is 2.77. The summed E-state index contributed by atoms with van der Waals surface area (Å²) in [6.45, 7) is 10.7. The van der Waals surface area contributed by atoms with Crippen LogP contribution in [0, 0.1) is 0 Å². The smallest absolute Gasteiger partial charge is 0.264 e. The summed E-state index contributed by atoms with van der Waals surface area (Å²) in [5.74, 6) is -0.0635. The van der Waals surface area contributed by atoms with Crippen molar-refractivity contribution in [3.8, 4) is 0 Å². The number of hydrogen-bond acceptors (Lipinski definition) is 5. The molecule has 1 rings (SSSR count). The van der Waals surface area contributed by atoms with Crippen LogP contribution in [-0.2, 0) is 5.41 Å². The van der Waals surface area contributed by atoms with Gasteiger partial charge in [-0.25, -0.2) is 0 Å². The van der Waals surface area contributed by atoms with E-state index in [1.54, 1.807) is 0 Å². The summed E-state index contributed by atoms with van der Waals surface area (Å²) in [6.07, 6.45) is 0.927. The number of carbonyl (C=O) groups is 1. The number of nitrogens with zero attached hydrogens (tertiary/aromatic N) is 2. The molecule has 0 saturated heterocycles. The Labute approximate surface area is 113 Å². The monoisotopic (exact) mass is 270 g/mol. The van der Waals surface area contributed by atoms with Gasteiger partial charge in [0.25, 0.3) is 5.91 Å². The van der Waals surface area contributed by atoms with Gasteiger partial charge in [0.1, 0.15) is 4.88 Å². The minimum absolute atomic E-state index is 0.0635. The zero-order valence-corrected chi connectivity index (χ0v) is 12.4. The van der Waals surface area contributed by atoms with Gasteiger partial charge in [-0.1, -0.05) is 32.2 Å². The van der Waals surface area contributed by atoms with Gasteiger partial charge in [0.15, 0.2) is 0 Å². The fourth-order valence-electron chi connectivity index (χ4n) is 1.50. The van der Waals surface area contributed by atoms with Crippen molar-refractivity contribution < 1.29 is 4.79 Å². The lowest BCUT2D eigenvalue weighted by molar-refractivity contribution is 0.0955. The molecule has 0 unspecified atom stereocenters. The predicted octanol–water partition coefficient (Wildman–Crippen LogP) is 1.56. The Morgan fingerprint density at radius 2 is 2.06 bits per heavy atom. The van der Waals surface area contributed by atoms with Gasteiger partial charge in [-0.3, -0.25) is 4.79 Å². The van der Waals surface area contributed by atoms with Crippen LogP contribution in [0.1, 0.15) is 49.5 Å². The van der Waals surface area contributed by atoms with E-state index in [0.717, 1.165) is 36.7 Å². The number of carbonyl (C=O) groups excluding carboxylic acids is 1. The van der Waals surface area contributed by atoms with E-state index in [0.29, 0.717) is 11.4 Å². The Balaban J connectivity index is 2.50. The molecule has 0 bridgehead atoms. The maximum Gasteiger partial charge on any atom is 0.264 e. The van der Waals surface area contributed by atoms with E-state index in [1.165, 1.54) is 0 Å². The van der Waals surface area contributed by atoms with Crippen molar-refractivity contribution in [3.63, 3.8) is 0 Å². The van der Waals surface area contributed by atoms with Crippen molar-refractivity contribution in [2.45, 2.75) is 39.5 Å². The lowest BCUT2D eigenvalue weighted by Crippen LogP contribution is -2.28. The molecule has 0 fully saturated rings. The molecular weight excluding hydrogens is 248 g/mol. The van der Waals surface area contributed by atoms with Gasteiger partial charge in [0, 0.05) is 12.0 Å². The maximum atomic E-state index is 12.0. The zero-order valence-electron chi connectivity index (χ0n) is 11.5. The molecule has 6 heteroatoms. The number of amides is 1. The van der Waals surface area contributed by atoms with Gasteiger partial charge in [0.05, 0.1) is 5.69 Å². The Kier molecular flexibility index (Phi) is 5.68. The van der Waals surface area contributed by atoms with Crippen LogP contribution in [-0.4, -0.2) is 35.1 Å². The van der Waals surface area contributed by atoms with Crippen LogP contribution < -0.4 is 10.6 Å². The van der Waals surface area contributed by atoms with Crippen molar-refractivity contribution in [1.82, 2.24) is 20.2 Å². The Morgan fingerprint density at radius 3 is 2.67 bits per heavy atom. The zero-order chi connectivity index (χ0) is 13.6. The topological polar surface area (TPSA) is 66.9 Å². The summed E-state index contributed by atoms with van der Waals surface area (Å²) in [5, 5.41) is 10.2. The van der Waals surface area contributed by atoms with Crippen molar-refractivity contribution in [2.24, 2.45) is 0 Å². The van der Waals surface area contributed by atoms with E-state index >= 15 is 0 Å². The van der Waals surface area contributed by atoms with Crippen molar-refractivity contribution >= 4 is 17.4 Å². The Morgan fingerprint density at radius 1 is 1.33 bits per heavy atom. The molecule has 1 heterocycles. The SMILES string of the molecule is CCNCCCNC(=O)c1snnc1C(C)(C)C. The van der Waals surface area contributed by atoms with Gasteiger partial charge < -0.3 is 10.6 Å². The summed E-state index contributed by atoms with van der Waals surface area (Å²) in [4.78, 5) is 12.6. The van der Waals surface area contributed by atoms with Gasteiger partial charge in [-0.15, -0.1) is 5.10 Å². The highest BCUT2D eigenvalue weighted by atomic mass is 32.1. The van der Waals surface area contributed by atoms with Crippen molar-refractivity contribution in [1.29, 1.82) is 0 Å². The summed E-state index contributed by atoms with van der Waals surface area (Å²) in [5.41, 5.74) is 0.625. The first-order chi connectivity index (χ1) is 8.46. The molecule has 5 nitrogen and oxygen atoms in total. The fourth-order valence-corrected chi connectivity index (χ4v) is 2.30. The highest BCUT2D eigenvalue weighted by molar-refractivity contribution is 7.08. The fraction of sp³-hybridized carbons (Fsp3) is 0.750. The van der Waals surface area contributed by atoms with Gasteiger partial charge >= 0.3 is 0 Å². The van der Waals surface area contributed by atoms with Crippen molar-refractivity contribution in [2.75, 3.05) is 19.6 Å². The molecule has 102 valence electrons. The standard InChI is InChI=1S/C12H22N4OS/c1-5-13-7-6-8-14-11(17)9-10(12(2,3)4)15-16-18-9/h13H,5-8H2,1-4H3,(H,14,17). The Bertz CT molecular complexity index is 384. The van der Waals surface area contributed by atoms with Crippen LogP contribution in [0.5, 0.6) is 0 Å². The third-order valence-electron chi connectivity index (χ3n) is 2.47. The minimum Gasteiger partial charge on any atom is -0.351 e. The molecule has 0 saturated carbocycles. The number of hydrogen-bond donors (Lipinski definition) is 2. The average molecular weight is 270 g/mol. The maximum absolute atomic E-state index is 12.0. The quantitative estimate of drug-likeness (QED) is 0.770. The summed E-state index contributed by atoms with van der Waals surface area (Å²) >= 11 is 1.16. The first-order valence-electron chi connectivity index (χ1n) is 6.28. The number of aromatic nitrogens is 2. The lowest BCUT2D eigenvalue weighted by Gasteiger charge is -2.16. The number of nitrogens with one attached hydrogen (secondary N) is 2. The number of rotatable bonds is 6. The van der Waals surface area contributed by atoms with Gasteiger partial charge in [0.2, 0.25) is 0 Å². The van der Waals surface area contributed by atoms with Crippen LogP contribution in [0.4, 0.5) is 0 Å². The van der Waals surface area contributed by atoms with Gasteiger partial charge in [-0.05, 0) is 31.0 Å². The molecule has 18 heavy (non-hydrogen) atoms. The van der Waals surface area contributed by atoms with E-state index in [4.69, 9.17) is 0 Å². The third kappa shape index (κ3) is 4.34. The summed E-state index contributed by atoms with van der Waals surface area (Å²) in [6, 6.07) is 0. The second kappa shape index (κ2) is 6.80. The molecule has 2 N–H and O–H groups in total. The summed E-state index contributed by atoms with van der Waals surface area (Å²) in [7, 11) is 0. The van der Waals surface area contributed by atoms with Gasteiger partial charge in [-0.2, -0.15) is 0 Å². The van der Waals surface area contributed by atoms with Crippen LogP contribution in [0.15, 0.2) is 0 Å². The van der Waals surface area contributed by atoms with Crippen LogP contribution >= 0.6 is 11.5 Å². The van der Waals surface area contributed by atoms with Crippen LogP contribution in [0.2, 0.25) is 0 Å². The molecule has 0 spiro atoms.